The molecule has 4 nitrogen and oxygen atoms in total. The normalized spacial score (nSPS) is 14.6. The van der Waals surface area contributed by atoms with Gasteiger partial charge in [-0.1, -0.05) is 24.3 Å². The maximum absolute atomic E-state index is 13.1. The van der Waals surface area contributed by atoms with Gasteiger partial charge in [0.2, 0.25) is 5.91 Å². The molecule has 3 rings (SSSR count). The fraction of sp³-hybridized carbons (Fsp3) is 0.350. The molecular formula is C20H23FN2O2. The Morgan fingerprint density at radius 3 is 2.72 bits per heavy atom. The second kappa shape index (κ2) is 7.66. The molecule has 0 aliphatic carbocycles. The topological polar surface area (TPSA) is 41.6 Å². The summed E-state index contributed by atoms with van der Waals surface area (Å²) in [4.78, 5) is 14.5. The molecule has 2 aromatic carbocycles. The van der Waals surface area contributed by atoms with Crippen molar-refractivity contribution in [3.63, 3.8) is 0 Å². The number of benzene rings is 2. The Labute approximate surface area is 147 Å². The Morgan fingerprint density at radius 1 is 1.24 bits per heavy atom. The molecular weight excluding hydrogens is 319 g/mol. The zero-order valence-electron chi connectivity index (χ0n) is 14.6. The Bertz CT molecular complexity index is 744. The Hall–Kier alpha value is -2.40. The summed E-state index contributed by atoms with van der Waals surface area (Å²) in [6.45, 7) is 1.23. The molecule has 0 bridgehead atoms. The van der Waals surface area contributed by atoms with Crippen molar-refractivity contribution in [2.75, 3.05) is 20.7 Å². The van der Waals surface area contributed by atoms with E-state index >= 15 is 0 Å². The van der Waals surface area contributed by atoms with Gasteiger partial charge >= 0.3 is 0 Å². The molecule has 0 radical (unpaired) electrons. The number of carbonyl (C=O) groups is 1. The lowest BCUT2D eigenvalue weighted by Gasteiger charge is -2.24. The summed E-state index contributed by atoms with van der Waals surface area (Å²) >= 11 is 0. The monoisotopic (exact) mass is 342 g/mol. The molecule has 0 saturated heterocycles. The zero-order valence-corrected chi connectivity index (χ0v) is 14.6. The van der Waals surface area contributed by atoms with Gasteiger partial charge in [0.15, 0.2) is 0 Å². The maximum atomic E-state index is 13.1. The molecule has 0 fully saturated rings. The van der Waals surface area contributed by atoms with Gasteiger partial charge in [-0.15, -0.1) is 0 Å². The SMILES string of the molecule is CN(C)[C@@H](C(=O)NCc1ccc2c(c1)CCCO2)c1ccc(F)cc1. The van der Waals surface area contributed by atoms with Crippen LogP contribution in [-0.2, 0) is 17.8 Å². The van der Waals surface area contributed by atoms with E-state index in [1.807, 2.05) is 31.1 Å². The number of fused-ring (bicyclic) bond motifs is 1. The summed E-state index contributed by atoms with van der Waals surface area (Å²) in [5.41, 5.74) is 3.01. The molecule has 1 amide bonds. The van der Waals surface area contributed by atoms with Crippen LogP contribution in [0.25, 0.3) is 0 Å². The van der Waals surface area contributed by atoms with Crippen molar-refractivity contribution in [2.45, 2.75) is 25.4 Å². The molecule has 1 aliphatic heterocycles. The average molecular weight is 342 g/mol. The number of halogens is 1. The number of ether oxygens (including phenoxy) is 1. The predicted octanol–water partition coefficient (Wildman–Crippen LogP) is 3.07. The first-order valence-corrected chi connectivity index (χ1v) is 8.49. The first-order valence-electron chi connectivity index (χ1n) is 8.49. The van der Waals surface area contributed by atoms with E-state index in [4.69, 9.17) is 4.74 Å². The summed E-state index contributed by atoms with van der Waals surface area (Å²) in [6.07, 6.45) is 2.03. The number of hydrogen-bond acceptors (Lipinski definition) is 3. The minimum Gasteiger partial charge on any atom is -0.493 e. The third-order valence-corrected chi connectivity index (χ3v) is 4.39. The molecule has 2 aromatic rings. The molecule has 5 heteroatoms. The first kappa shape index (κ1) is 17.4. The van der Waals surface area contributed by atoms with Gasteiger partial charge in [0.05, 0.1) is 6.61 Å². The zero-order chi connectivity index (χ0) is 17.8. The molecule has 1 heterocycles. The lowest BCUT2D eigenvalue weighted by molar-refractivity contribution is -0.125. The molecule has 0 unspecified atom stereocenters. The molecule has 1 aliphatic rings. The quantitative estimate of drug-likeness (QED) is 0.908. The van der Waals surface area contributed by atoms with Gasteiger partial charge in [-0.05, 0) is 61.8 Å². The Morgan fingerprint density at radius 2 is 2.00 bits per heavy atom. The smallest absolute Gasteiger partial charge is 0.242 e. The van der Waals surface area contributed by atoms with Crippen LogP contribution in [0.2, 0.25) is 0 Å². The Balaban J connectivity index is 1.68. The molecule has 132 valence electrons. The standard InChI is InChI=1S/C20H23FN2O2/c1-23(2)19(15-6-8-17(21)9-7-15)20(24)22-13-14-5-10-18-16(12-14)4-3-11-25-18/h5-10,12,19H,3-4,11,13H2,1-2H3,(H,22,24)/t19-/m1/s1. The minimum atomic E-state index is -0.457. The van der Waals surface area contributed by atoms with Crippen LogP contribution in [0, 0.1) is 5.82 Å². The van der Waals surface area contributed by atoms with E-state index < -0.39 is 6.04 Å². The Kier molecular flexibility index (Phi) is 5.34. The summed E-state index contributed by atoms with van der Waals surface area (Å²) in [5, 5.41) is 2.99. The number of nitrogens with zero attached hydrogens (tertiary/aromatic N) is 1. The van der Waals surface area contributed by atoms with E-state index in [1.165, 1.54) is 17.7 Å². The second-order valence-electron chi connectivity index (χ2n) is 6.53. The van der Waals surface area contributed by atoms with Gasteiger partial charge in [0.1, 0.15) is 17.6 Å². The van der Waals surface area contributed by atoms with Crippen molar-refractivity contribution >= 4 is 5.91 Å². The highest BCUT2D eigenvalue weighted by atomic mass is 19.1. The van der Waals surface area contributed by atoms with E-state index in [9.17, 15) is 9.18 Å². The summed E-state index contributed by atoms with van der Waals surface area (Å²) in [7, 11) is 3.67. The van der Waals surface area contributed by atoms with Crippen molar-refractivity contribution in [3.05, 3.63) is 65.0 Å². The fourth-order valence-corrected chi connectivity index (χ4v) is 3.14. The van der Waals surface area contributed by atoms with E-state index in [0.717, 1.165) is 36.3 Å². The molecule has 1 atom stereocenters. The molecule has 1 N–H and O–H groups in total. The van der Waals surface area contributed by atoms with Gasteiger partial charge < -0.3 is 10.1 Å². The molecule has 25 heavy (non-hydrogen) atoms. The molecule has 0 spiro atoms. The number of nitrogens with one attached hydrogen (secondary N) is 1. The largest absolute Gasteiger partial charge is 0.493 e. The van der Waals surface area contributed by atoms with E-state index in [2.05, 4.69) is 11.4 Å². The maximum Gasteiger partial charge on any atom is 0.242 e. The third-order valence-electron chi connectivity index (χ3n) is 4.39. The second-order valence-corrected chi connectivity index (χ2v) is 6.53. The summed E-state index contributed by atoms with van der Waals surface area (Å²) in [5.74, 6) is 0.530. The van der Waals surface area contributed by atoms with Crippen LogP contribution in [-0.4, -0.2) is 31.5 Å². The van der Waals surface area contributed by atoms with Crippen LogP contribution in [0.1, 0.15) is 29.2 Å². The van der Waals surface area contributed by atoms with Gasteiger partial charge in [-0.3, -0.25) is 9.69 Å². The molecule has 0 aromatic heterocycles. The van der Waals surface area contributed by atoms with Crippen molar-refractivity contribution in [3.8, 4) is 5.75 Å². The van der Waals surface area contributed by atoms with Crippen molar-refractivity contribution < 1.29 is 13.9 Å². The highest BCUT2D eigenvalue weighted by Gasteiger charge is 2.22. The van der Waals surface area contributed by atoms with Gasteiger partial charge in [0.25, 0.3) is 0 Å². The highest BCUT2D eigenvalue weighted by molar-refractivity contribution is 5.83. The van der Waals surface area contributed by atoms with E-state index in [1.54, 1.807) is 12.1 Å². The van der Waals surface area contributed by atoms with Crippen LogP contribution in [0.3, 0.4) is 0 Å². The fourth-order valence-electron chi connectivity index (χ4n) is 3.14. The van der Waals surface area contributed by atoms with Crippen LogP contribution in [0.15, 0.2) is 42.5 Å². The van der Waals surface area contributed by atoms with Crippen molar-refractivity contribution in [1.82, 2.24) is 10.2 Å². The van der Waals surface area contributed by atoms with Crippen molar-refractivity contribution in [2.24, 2.45) is 0 Å². The lowest BCUT2D eigenvalue weighted by atomic mass is 10.0. The van der Waals surface area contributed by atoms with Crippen LogP contribution in [0.5, 0.6) is 5.75 Å². The van der Waals surface area contributed by atoms with Crippen LogP contribution < -0.4 is 10.1 Å². The van der Waals surface area contributed by atoms with Gasteiger partial charge in [-0.2, -0.15) is 0 Å². The van der Waals surface area contributed by atoms with Gasteiger partial charge in [0, 0.05) is 6.54 Å². The first-order chi connectivity index (χ1) is 12.0. The van der Waals surface area contributed by atoms with E-state index in [0.29, 0.717) is 6.54 Å². The number of hydrogen-bond donors (Lipinski definition) is 1. The number of likely N-dealkylation sites (N-methyl/N-ethyl adjacent to an activating group) is 1. The number of aryl methyl sites for hydroxylation is 1. The van der Waals surface area contributed by atoms with E-state index in [-0.39, 0.29) is 11.7 Å². The summed E-state index contributed by atoms with van der Waals surface area (Å²) < 4.78 is 18.8. The minimum absolute atomic E-state index is 0.106. The number of rotatable bonds is 5. The van der Waals surface area contributed by atoms with Crippen LogP contribution >= 0.6 is 0 Å². The molecule has 0 saturated carbocycles. The third kappa shape index (κ3) is 4.17. The average Bonchev–Trinajstić information content (AvgIpc) is 2.61. The number of carbonyl (C=O) groups excluding carboxylic acids is 1. The predicted molar refractivity (Wildman–Crippen MR) is 94.9 cm³/mol. The highest BCUT2D eigenvalue weighted by Crippen LogP contribution is 2.25. The number of amides is 1. The lowest BCUT2D eigenvalue weighted by Crippen LogP contribution is -2.36. The van der Waals surface area contributed by atoms with Crippen molar-refractivity contribution in [1.29, 1.82) is 0 Å². The van der Waals surface area contributed by atoms with Gasteiger partial charge in [-0.25, -0.2) is 4.39 Å². The van der Waals surface area contributed by atoms with Crippen LogP contribution in [0.4, 0.5) is 4.39 Å². The summed E-state index contributed by atoms with van der Waals surface area (Å²) in [6, 6.07) is 11.6.